The molecule has 0 atom stereocenters. The number of nitrogens with one attached hydrogen (secondary N) is 2. The minimum absolute atomic E-state index is 0.153. The molecule has 5 aromatic rings. The Balaban J connectivity index is 1.33. The molecule has 0 saturated carbocycles. The highest BCUT2D eigenvalue weighted by Gasteiger charge is 2.37. The summed E-state index contributed by atoms with van der Waals surface area (Å²) in [5, 5.41) is 5.82. The van der Waals surface area contributed by atoms with Gasteiger partial charge in [0.05, 0.1) is 28.8 Å². The van der Waals surface area contributed by atoms with E-state index >= 15 is 0 Å². The van der Waals surface area contributed by atoms with E-state index in [0.29, 0.717) is 23.2 Å². The maximum absolute atomic E-state index is 13.6. The largest absolute Gasteiger partial charge is 0.348 e. The van der Waals surface area contributed by atoms with Crippen LogP contribution in [0.2, 0.25) is 0 Å². The Morgan fingerprint density at radius 1 is 0.523 bits per heavy atom. The molecule has 0 spiro atoms. The number of amides is 4. The van der Waals surface area contributed by atoms with E-state index in [1.165, 1.54) is 4.90 Å². The highest BCUT2D eigenvalue weighted by Crippen LogP contribution is 2.34. The third-order valence-electron chi connectivity index (χ3n) is 7.59. The van der Waals surface area contributed by atoms with Crippen molar-refractivity contribution in [3.05, 3.63) is 166 Å². The average Bonchev–Trinajstić information content (AvgIpc) is 3.32. The fourth-order valence-corrected chi connectivity index (χ4v) is 5.33. The number of hydrogen-bond donors (Lipinski definition) is 2. The van der Waals surface area contributed by atoms with Crippen molar-refractivity contribution in [2.24, 2.45) is 0 Å². The molecule has 0 unspecified atom stereocenters. The van der Waals surface area contributed by atoms with Crippen molar-refractivity contribution in [1.29, 1.82) is 0 Å². The van der Waals surface area contributed by atoms with Crippen molar-refractivity contribution in [3.8, 4) is 11.1 Å². The molecule has 1 heterocycles. The van der Waals surface area contributed by atoms with Crippen LogP contribution in [0.25, 0.3) is 11.1 Å². The molecule has 1 aliphatic heterocycles. The molecule has 4 amide bonds. The molecule has 0 bridgehead atoms. The number of rotatable bonds is 9. The van der Waals surface area contributed by atoms with Crippen LogP contribution in [0.3, 0.4) is 0 Å². The summed E-state index contributed by atoms with van der Waals surface area (Å²) in [4.78, 5) is 55.1. The first-order valence-corrected chi connectivity index (χ1v) is 14.3. The molecule has 0 fully saturated rings. The van der Waals surface area contributed by atoms with Crippen LogP contribution in [0.5, 0.6) is 0 Å². The zero-order valence-electron chi connectivity index (χ0n) is 23.8. The molecule has 6 rings (SSSR count). The van der Waals surface area contributed by atoms with Crippen molar-refractivity contribution in [2.45, 2.75) is 19.6 Å². The van der Waals surface area contributed by atoms with Crippen molar-refractivity contribution in [1.82, 2.24) is 15.5 Å². The molecule has 0 aliphatic carbocycles. The van der Waals surface area contributed by atoms with E-state index in [0.717, 1.165) is 16.7 Å². The van der Waals surface area contributed by atoms with Crippen molar-refractivity contribution in [2.75, 3.05) is 0 Å². The first kappa shape index (κ1) is 28.3. The lowest BCUT2D eigenvalue weighted by Crippen LogP contribution is -2.29. The highest BCUT2D eigenvalue weighted by atomic mass is 16.2. The standard InChI is InChI=1S/C37H29N3O4/c41-34(38-22-25-11-4-1-5-12-25)30-20-19-28(21-32(30)35(42)39-23-26-13-6-2-7-14-26)29-17-10-18-31-33(29)37(44)40(36(31)43)24-27-15-8-3-9-16-27/h1-21H,22-24H2,(H,38,41)(H,39,42). The minimum Gasteiger partial charge on any atom is -0.348 e. The fourth-order valence-electron chi connectivity index (χ4n) is 5.33. The quantitative estimate of drug-likeness (QED) is 0.209. The van der Waals surface area contributed by atoms with E-state index in [9.17, 15) is 19.2 Å². The van der Waals surface area contributed by atoms with Crippen LogP contribution >= 0.6 is 0 Å². The number of carbonyl (C=O) groups is 4. The number of nitrogens with zero attached hydrogens (tertiary/aromatic N) is 1. The third kappa shape index (κ3) is 5.89. The van der Waals surface area contributed by atoms with Gasteiger partial charge < -0.3 is 10.6 Å². The summed E-state index contributed by atoms with van der Waals surface area (Å²) in [6.07, 6.45) is 0. The van der Waals surface area contributed by atoms with Gasteiger partial charge in [-0.2, -0.15) is 0 Å². The fraction of sp³-hybridized carbons (Fsp3) is 0.0811. The van der Waals surface area contributed by atoms with E-state index in [4.69, 9.17) is 0 Å². The van der Waals surface area contributed by atoms with Crippen LogP contribution in [-0.4, -0.2) is 28.5 Å². The predicted octanol–water partition coefficient (Wildman–Crippen LogP) is 6.01. The van der Waals surface area contributed by atoms with Gasteiger partial charge in [-0.15, -0.1) is 0 Å². The minimum atomic E-state index is -0.429. The van der Waals surface area contributed by atoms with Crippen molar-refractivity contribution >= 4 is 23.6 Å². The summed E-state index contributed by atoms with van der Waals surface area (Å²) in [5.74, 6) is -1.59. The summed E-state index contributed by atoms with van der Waals surface area (Å²) < 4.78 is 0. The van der Waals surface area contributed by atoms with Gasteiger partial charge in [-0.25, -0.2) is 0 Å². The molecule has 7 nitrogen and oxygen atoms in total. The van der Waals surface area contributed by atoms with Gasteiger partial charge in [-0.3, -0.25) is 24.1 Å². The molecule has 1 aliphatic rings. The Hall–Kier alpha value is -5.82. The lowest BCUT2D eigenvalue weighted by molar-refractivity contribution is 0.0642. The van der Waals surface area contributed by atoms with E-state index in [2.05, 4.69) is 10.6 Å². The number of hydrogen-bond acceptors (Lipinski definition) is 4. The first-order valence-electron chi connectivity index (χ1n) is 14.3. The van der Waals surface area contributed by atoms with E-state index in [-0.39, 0.29) is 35.7 Å². The molecule has 0 aromatic heterocycles. The lowest BCUT2D eigenvalue weighted by atomic mass is 9.93. The lowest BCUT2D eigenvalue weighted by Gasteiger charge is -2.15. The van der Waals surface area contributed by atoms with Gasteiger partial charge in [0.15, 0.2) is 0 Å². The molecule has 216 valence electrons. The Morgan fingerprint density at radius 2 is 1.05 bits per heavy atom. The van der Waals surface area contributed by atoms with Gasteiger partial charge >= 0.3 is 0 Å². The van der Waals surface area contributed by atoms with Gasteiger partial charge in [0.1, 0.15) is 0 Å². The van der Waals surface area contributed by atoms with E-state index in [1.807, 2.05) is 91.0 Å². The van der Waals surface area contributed by atoms with Gasteiger partial charge in [-0.05, 0) is 46.0 Å². The van der Waals surface area contributed by atoms with Crippen molar-refractivity contribution in [3.63, 3.8) is 0 Å². The molecule has 0 saturated heterocycles. The van der Waals surface area contributed by atoms with Gasteiger partial charge in [0.25, 0.3) is 23.6 Å². The smallest absolute Gasteiger partial charge is 0.262 e. The normalized spacial score (nSPS) is 12.1. The summed E-state index contributed by atoms with van der Waals surface area (Å²) in [7, 11) is 0. The summed E-state index contributed by atoms with van der Waals surface area (Å²) in [6, 6.07) is 38.4. The van der Waals surface area contributed by atoms with Crippen LogP contribution in [0.15, 0.2) is 127 Å². The Morgan fingerprint density at radius 3 is 1.64 bits per heavy atom. The summed E-state index contributed by atoms with van der Waals surface area (Å²) >= 11 is 0. The Bertz CT molecular complexity index is 1850. The maximum Gasteiger partial charge on any atom is 0.262 e. The van der Waals surface area contributed by atoms with Gasteiger partial charge in [-0.1, -0.05) is 109 Å². The molecular formula is C37H29N3O4. The van der Waals surface area contributed by atoms with Gasteiger partial charge in [0, 0.05) is 13.1 Å². The van der Waals surface area contributed by atoms with Crippen LogP contribution in [0.4, 0.5) is 0 Å². The monoisotopic (exact) mass is 579 g/mol. The van der Waals surface area contributed by atoms with Crippen molar-refractivity contribution < 1.29 is 19.2 Å². The molecular weight excluding hydrogens is 550 g/mol. The second kappa shape index (κ2) is 12.6. The number of fused-ring (bicyclic) bond motifs is 1. The number of benzene rings is 5. The topological polar surface area (TPSA) is 95.6 Å². The highest BCUT2D eigenvalue weighted by molar-refractivity contribution is 6.24. The molecule has 0 radical (unpaired) electrons. The molecule has 2 N–H and O–H groups in total. The molecule has 7 heteroatoms. The SMILES string of the molecule is O=C(NCc1ccccc1)c1ccc(-c2cccc3c2C(=O)N(Cc2ccccc2)C3=O)cc1C(=O)NCc1ccccc1. The van der Waals surface area contributed by atoms with Gasteiger partial charge in [0.2, 0.25) is 0 Å². The van der Waals surface area contributed by atoms with Crippen LogP contribution in [0.1, 0.15) is 58.1 Å². The number of carbonyl (C=O) groups excluding carboxylic acids is 4. The molecule has 44 heavy (non-hydrogen) atoms. The summed E-state index contributed by atoms with van der Waals surface area (Å²) in [6.45, 7) is 0.726. The zero-order chi connectivity index (χ0) is 30.5. The summed E-state index contributed by atoms with van der Waals surface area (Å²) in [5.41, 5.74) is 4.71. The Kier molecular flexibility index (Phi) is 8.10. The predicted molar refractivity (Wildman–Crippen MR) is 168 cm³/mol. The average molecular weight is 580 g/mol. The number of imide groups is 1. The first-order chi connectivity index (χ1) is 21.5. The third-order valence-corrected chi connectivity index (χ3v) is 7.59. The van der Waals surface area contributed by atoms with Crippen LogP contribution in [-0.2, 0) is 19.6 Å². The second-order valence-corrected chi connectivity index (χ2v) is 10.5. The Labute approximate surface area is 255 Å². The van der Waals surface area contributed by atoms with E-state index < -0.39 is 17.7 Å². The second-order valence-electron chi connectivity index (χ2n) is 10.5. The van der Waals surface area contributed by atoms with Crippen LogP contribution < -0.4 is 10.6 Å². The molecule has 5 aromatic carbocycles. The van der Waals surface area contributed by atoms with Crippen LogP contribution in [0, 0.1) is 0 Å². The zero-order valence-corrected chi connectivity index (χ0v) is 23.8. The van der Waals surface area contributed by atoms with E-state index in [1.54, 1.807) is 36.4 Å². The maximum atomic E-state index is 13.6.